The molecular formula is C17H26BrN. The molecule has 1 aliphatic carbocycles. The first-order chi connectivity index (χ1) is 9.34. The van der Waals surface area contributed by atoms with Crippen molar-refractivity contribution < 1.29 is 0 Å². The molecule has 1 aromatic heterocycles. The Morgan fingerprint density at radius 2 is 1.63 bits per heavy atom. The molecule has 1 fully saturated rings. The zero-order valence-corrected chi connectivity index (χ0v) is 13.5. The molecule has 1 heterocycles. The van der Waals surface area contributed by atoms with Gasteiger partial charge in [-0.1, -0.05) is 57.8 Å². The van der Waals surface area contributed by atoms with Crippen LogP contribution in [0.2, 0.25) is 0 Å². The first-order valence-electron chi connectivity index (χ1n) is 7.95. The number of hydrogen-bond acceptors (Lipinski definition) is 1. The Balaban J connectivity index is 1.38. The lowest BCUT2D eigenvalue weighted by Crippen LogP contribution is -1.90. The number of halogens is 1. The summed E-state index contributed by atoms with van der Waals surface area (Å²) >= 11 is 3.42. The molecule has 0 unspecified atom stereocenters. The summed E-state index contributed by atoms with van der Waals surface area (Å²) in [7, 11) is 0. The van der Waals surface area contributed by atoms with E-state index in [2.05, 4.69) is 33.0 Å². The quantitative estimate of drug-likeness (QED) is 0.487. The van der Waals surface area contributed by atoms with E-state index in [9.17, 15) is 0 Å². The molecule has 1 nitrogen and oxygen atoms in total. The van der Waals surface area contributed by atoms with Crippen LogP contribution < -0.4 is 0 Å². The summed E-state index contributed by atoms with van der Waals surface area (Å²) in [6.07, 6.45) is 17.4. The minimum absolute atomic E-state index is 1.07. The summed E-state index contributed by atoms with van der Waals surface area (Å²) in [5.41, 5.74) is 1.23. The maximum Gasteiger partial charge on any atom is 0.0413 e. The summed E-state index contributed by atoms with van der Waals surface area (Å²) in [5, 5.41) is 0. The highest BCUT2D eigenvalue weighted by molar-refractivity contribution is 9.10. The minimum atomic E-state index is 1.07. The molecule has 0 radical (unpaired) electrons. The first-order valence-corrected chi connectivity index (χ1v) is 8.74. The summed E-state index contributed by atoms with van der Waals surface area (Å²) in [6.45, 7) is 0. The lowest BCUT2D eigenvalue weighted by Gasteiger charge is -2.02. The second-order valence-electron chi connectivity index (χ2n) is 5.92. The van der Waals surface area contributed by atoms with Gasteiger partial charge in [0.15, 0.2) is 0 Å². The summed E-state index contributed by atoms with van der Waals surface area (Å²) in [6, 6.07) is 4.21. The van der Waals surface area contributed by atoms with Crippen LogP contribution in [-0.4, -0.2) is 4.98 Å². The van der Waals surface area contributed by atoms with Crippen LogP contribution in [0.3, 0.4) is 0 Å². The van der Waals surface area contributed by atoms with Gasteiger partial charge in [-0.15, -0.1) is 0 Å². The fourth-order valence-electron chi connectivity index (χ4n) is 2.58. The van der Waals surface area contributed by atoms with Gasteiger partial charge in [0.1, 0.15) is 0 Å². The third kappa shape index (κ3) is 7.10. The standard InChI is InChI=1S/C17H26BrN/c18-16-12-13-17(19-14-16)9-7-5-3-1-2-4-6-8-15-10-11-15/h12-15H,1-11H2. The lowest BCUT2D eigenvalue weighted by atomic mass is 10.1. The van der Waals surface area contributed by atoms with Crippen LogP contribution in [0.15, 0.2) is 22.8 Å². The number of aromatic nitrogens is 1. The third-order valence-corrected chi connectivity index (χ3v) is 4.50. The molecule has 0 atom stereocenters. The second-order valence-corrected chi connectivity index (χ2v) is 6.84. The monoisotopic (exact) mass is 323 g/mol. The van der Waals surface area contributed by atoms with Crippen LogP contribution in [0, 0.1) is 5.92 Å². The van der Waals surface area contributed by atoms with Gasteiger partial charge in [0.25, 0.3) is 0 Å². The normalized spacial score (nSPS) is 14.8. The predicted molar refractivity (Wildman–Crippen MR) is 85.3 cm³/mol. The Morgan fingerprint density at radius 3 is 2.26 bits per heavy atom. The molecule has 2 heteroatoms. The Kier molecular flexibility index (Phi) is 6.91. The molecule has 0 saturated heterocycles. The van der Waals surface area contributed by atoms with Crippen LogP contribution in [0.1, 0.15) is 69.9 Å². The summed E-state index contributed by atoms with van der Waals surface area (Å²) in [4.78, 5) is 4.41. The number of aryl methyl sites for hydroxylation is 1. The van der Waals surface area contributed by atoms with Gasteiger partial charge >= 0.3 is 0 Å². The van der Waals surface area contributed by atoms with Crippen molar-refractivity contribution in [1.29, 1.82) is 0 Å². The predicted octanol–water partition coefficient (Wildman–Crippen LogP) is 5.92. The lowest BCUT2D eigenvalue weighted by molar-refractivity contribution is 0.552. The largest absolute Gasteiger partial charge is 0.260 e. The van der Waals surface area contributed by atoms with E-state index in [-0.39, 0.29) is 0 Å². The summed E-state index contributed by atoms with van der Waals surface area (Å²) in [5.74, 6) is 1.12. The second kappa shape index (κ2) is 8.73. The molecular weight excluding hydrogens is 298 g/mol. The van der Waals surface area contributed by atoms with Crippen molar-refractivity contribution >= 4 is 15.9 Å². The van der Waals surface area contributed by atoms with Crippen molar-refractivity contribution in [3.8, 4) is 0 Å². The SMILES string of the molecule is Brc1ccc(CCCCCCCCCC2CC2)nc1. The minimum Gasteiger partial charge on any atom is -0.260 e. The van der Waals surface area contributed by atoms with Crippen molar-refractivity contribution in [3.63, 3.8) is 0 Å². The highest BCUT2D eigenvalue weighted by Gasteiger charge is 2.19. The Morgan fingerprint density at radius 1 is 0.947 bits per heavy atom. The van der Waals surface area contributed by atoms with Crippen LogP contribution >= 0.6 is 15.9 Å². The molecule has 0 amide bonds. The maximum absolute atomic E-state index is 4.41. The zero-order valence-electron chi connectivity index (χ0n) is 11.9. The van der Waals surface area contributed by atoms with Crippen LogP contribution in [-0.2, 0) is 6.42 Å². The van der Waals surface area contributed by atoms with E-state index < -0.39 is 0 Å². The Bertz CT molecular complexity index is 343. The number of pyridine rings is 1. The van der Waals surface area contributed by atoms with Crippen molar-refractivity contribution in [2.24, 2.45) is 5.92 Å². The van der Waals surface area contributed by atoms with Crippen LogP contribution in [0.4, 0.5) is 0 Å². The molecule has 1 aromatic rings. The first kappa shape index (κ1) is 15.0. The van der Waals surface area contributed by atoms with Gasteiger partial charge in [-0.25, -0.2) is 0 Å². The van der Waals surface area contributed by atoms with Crippen molar-refractivity contribution in [2.75, 3.05) is 0 Å². The van der Waals surface area contributed by atoms with Gasteiger partial charge in [-0.05, 0) is 46.8 Å². The Hall–Kier alpha value is -0.370. The number of hydrogen-bond donors (Lipinski definition) is 0. The molecule has 106 valence electrons. The average Bonchev–Trinajstić information content (AvgIpc) is 3.23. The van der Waals surface area contributed by atoms with Crippen LogP contribution in [0.5, 0.6) is 0 Å². The molecule has 1 aliphatic rings. The molecule has 0 bridgehead atoms. The number of unbranched alkanes of at least 4 members (excludes halogenated alkanes) is 6. The van der Waals surface area contributed by atoms with Gasteiger partial charge in [0, 0.05) is 16.4 Å². The van der Waals surface area contributed by atoms with E-state index in [1.54, 1.807) is 0 Å². The van der Waals surface area contributed by atoms with Gasteiger partial charge in [-0.2, -0.15) is 0 Å². The van der Waals surface area contributed by atoms with Gasteiger partial charge < -0.3 is 0 Å². The molecule has 0 N–H and O–H groups in total. The number of rotatable bonds is 10. The highest BCUT2D eigenvalue weighted by atomic mass is 79.9. The molecule has 0 spiro atoms. The Labute approximate surface area is 126 Å². The molecule has 1 saturated carbocycles. The average molecular weight is 324 g/mol. The van der Waals surface area contributed by atoms with Crippen molar-refractivity contribution in [2.45, 2.75) is 70.6 Å². The fraction of sp³-hybridized carbons (Fsp3) is 0.706. The fourth-order valence-corrected chi connectivity index (χ4v) is 2.82. The van der Waals surface area contributed by atoms with E-state index in [0.717, 1.165) is 16.8 Å². The maximum atomic E-state index is 4.41. The summed E-state index contributed by atoms with van der Waals surface area (Å²) < 4.78 is 1.07. The molecule has 2 rings (SSSR count). The van der Waals surface area contributed by atoms with E-state index in [1.807, 2.05) is 6.20 Å². The van der Waals surface area contributed by atoms with E-state index in [0.29, 0.717) is 0 Å². The molecule has 0 aliphatic heterocycles. The number of nitrogens with zero attached hydrogens (tertiary/aromatic N) is 1. The molecule has 19 heavy (non-hydrogen) atoms. The van der Waals surface area contributed by atoms with Gasteiger partial charge in [-0.3, -0.25) is 4.98 Å². The van der Waals surface area contributed by atoms with E-state index in [4.69, 9.17) is 0 Å². The van der Waals surface area contributed by atoms with Gasteiger partial charge in [0.2, 0.25) is 0 Å². The van der Waals surface area contributed by atoms with Crippen molar-refractivity contribution in [3.05, 3.63) is 28.5 Å². The van der Waals surface area contributed by atoms with Crippen LogP contribution in [0.25, 0.3) is 0 Å². The van der Waals surface area contributed by atoms with E-state index >= 15 is 0 Å². The third-order valence-electron chi connectivity index (χ3n) is 4.03. The zero-order chi connectivity index (χ0) is 13.3. The van der Waals surface area contributed by atoms with Crippen molar-refractivity contribution in [1.82, 2.24) is 4.98 Å². The smallest absolute Gasteiger partial charge is 0.0413 e. The molecule has 0 aromatic carbocycles. The highest BCUT2D eigenvalue weighted by Crippen LogP contribution is 2.34. The topological polar surface area (TPSA) is 12.9 Å². The van der Waals surface area contributed by atoms with E-state index in [1.165, 1.54) is 69.9 Å². The van der Waals surface area contributed by atoms with Gasteiger partial charge in [0.05, 0.1) is 0 Å².